The number of Topliss-reactive ketones (excluding diaryl/α,β-unsaturated/α-hetero) is 1. The van der Waals surface area contributed by atoms with Crippen LogP contribution in [0.15, 0.2) is 36.4 Å². The van der Waals surface area contributed by atoms with Gasteiger partial charge < -0.3 is 9.47 Å². The molecule has 0 radical (unpaired) electrons. The number of ketones is 1. The molecule has 2 aromatic carbocycles. The van der Waals surface area contributed by atoms with Crippen LogP contribution in [0.1, 0.15) is 34.3 Å². The lowest BCUT2D eigenvalue weighted by atomic mass is 9.87. The van der Waals surface area contributed by atoms with E-state index >= 15 is 0 Å². The van der Waals surface area contributed by atoms with Gasteiger partial charge in [0.05, 0.1) is 10.5 Å². The molecule has 0 heterocycles. The third-order valence-electron chi connectivity index (χ3n) is 4.25. The molecule has 2 aromatic rings. The van der Waals surface area contributed by atoms with Crippen LogP contribution in [-0.2, 0) is 11.2 Å². The first-order chi connectivity index (χ1) is 12.5. The van der Waals surface area contributed by atoms with Gasteiger partial charge in [-0.3, -0.25) is 14.9 Å². The van der Waals surface area contributed by atoms with Crippen molar-refractivity contribution in [3.63, 3.8) is 0 Å². The Balaban J connectivity index is 1.74. The van der Waals surface area contributed by atoms with Crippen LogP contribution in [0.3, 0.4) is 0 Å². The average Bonchev–Trinajstić information content (AvgIpc) is 2.63. The van der Waals surface area contributed by atoms with Crippen molar-refractivity contribution >= 4 is 17.4 Å². The largest absolute Gasteiger partial charge is 0.475 e. The highest BCUT2D eigenvalue weighted by atomic mass is 16.6. The van der Waals surface area contributed by atoms with Crippen LogP contribution in [-0.4, -0.2) is 23.3 Å². The van der Waals surface area contributed by atoms with E-state index in [9.17, 15) is 19.7 Å². The molecule has 1 aliphatic rings. The SMILES string of the molecule is Cc1ccc(OC(=O)COc2ccccc2[N+](=O)[O-])c2c1CCCC2=O. The van der Waals surface area contributed by atoms with Crippen LogP contribution < -0.4 is 9.47 Å². The summed E-state index contributed by atoms with van der Waals surface area (Å²) in [6, 6.07) is 9.18. The van der Waals surface area contributed by atoms with Gasteiger partial charge in [0.25, 0.3) is 0 Å². The van der Waals surface area contributed by atoms with Crippen LogP contribution in [0.5, 0.6) is 11.5 Å². The molecule has 0 fully saturated rings. The number of hydrogen-bond acceptors (Lipinski definition) is 6. The molecule has 3 rings (SSSR count). The number of carbonyl (C=O) groups excluding carboxylic acids is 2. The molecule has 0 saturated heterocycles. The van der Waals surface area contributed by atoms with Crippen LogP contribution in [0, 0.1) is 17.0 Å². The maximum Gasteiger partial charge on any atom is 0.349 e. The molecular weight excluding hydrogens is 338 g/mol. The summed E-state index contributed by atoms with van der Waals surface area (Å²) >= 11 is 0. The number of hydrogen-bond donors (Lipinski definition) is 0. The minimum Gasteiger partial charge on any atom is -0.475 e. The molecule has 1 aliphatic carbocycles. The Hall–Kier alpha value is -3.22. The van der Waals surface area contributed by atoms with E-state index in [4.69, 9.17) is 9.47 Å². The Morgan fingerprint density at radius 3 is 2.69 bits per heavy atom. The smallest absolute Gasteiger partial charge is 0.349 e. The van der Waals surface area contributed by atoms with Gasteiger partial charge in [-0.15, -0.1) is 0 Å². The van der Waals surface area contributed by atoms with Crippen molar-refractivity contribution in [2.24, 2.45) is 0 Å². The van der Waals surface area contributed by atoms with Gasteiger partial charge in [0.1, 0.15) is 5.75 Å². The number of ether oxygens (including phenoxy) is 2. The molecule has 7 heteroatoms. The topological polar surface area (TPSA) is 95.7 Å². The van der Waals surface area contributed by atoms with Crippen molar-refractivity contribution in [1.29, 1.82) is 0 Å². The van der Waals surface area contributed by atoms with E-state index in [0.29, 0.717) is 12.0 Å². The highest BCUT2D eigenvalue weighted by molar-refractivity contribution is 6.02. The summed E-state index contributed by atoms with van der Waals surface area (Å²) in [6.07, 6.45) is 1.98. The molecule has 0 atom stereocenters. The van der Waals surface area contributed by atoms with Crippen LogP contribution in [0.2, 0.25) is 0 Å². The van der Waals surface area contributed by atoms with Crippen molar-refractivity contribution < 1.29 is 24.0 Å². The van der Waals surface area contributed by atoms with E-state index in [0.717, 1.165) is 24.0 Å². The van der Waals surface area contributed by atoms with E-state index in [1.807, 2.05) is 13.0 Å². The number of aryl methyl sites for hydroxylation is 1. The summed E-state index contributed by atoms with van der Waals surface area (Å²) in [4.78, 5) is 34.7. The van der Waals surface area contributed by atoms with Crippen LogP contribution in [0.4, 0.5) is 5.69 Å². The molecule has 0 unspecified atom stereocenters. The number of fused-ring (bicyclic) bond motifs is 1. The standard InChI is InChI=1S/C19H17NO6/c1-12-9-10-17(19-13(12)5-4-7-15(19)21)26-18(22)11-25-16-8-3-2-6-14(16)20(23)24/h2-3,6,8-10H,4-5,7,11H2,1H3. The zero-order valence-corrected chi connectivity index (χ0v) is 14.2. The van der Waals surface area contributed by atoms with Gasteiger partial charge in [0.15, 0.2) is 18.1 Å². The van der Waals surface area contributed by atoms with Crippen molar-refractivity contribution in [3.8, 4) is 11.5 Å². The highest BCUT2D eigenvalue weighted by Crippen LogP contribution is 2.32. The van der Waals surface area contributed by atoms with E-state index in [1.165, 1.54) is 18.2 Å². The maximum atomic E-state index is 12.2. The number of nitrogens with zero attached hydrogens (tertiary/aromatic N) is 1. The number of para-hydroxylation sites is 2. The predicted molar refractivity (Wildman–Crippen MR) is 92.7 cm³/mol. The lowest BCUT2D eigenvalue weighted by Crippen LogP contribution is -2.21. The Kier molecular flexibility index (Phi) is 4.97. The fourth-order valence-electron chi connectivity index (χ4n) is 3.01. The monoisotopic (exact) mass is 355 g/mol. The fourth-order valence-corrected chi connectivity index (χ4v) is 3.01. The first-order valence-electron chi connectivity index (χ1n) is 8.20. The third-order valence-corrected chi connectivity index (χ3v) is 4.25. The molecule has 0 aromatic heterocycles. The van der Waals surface area contributed by atoms with Gasteiger partial charge in [0.2, 0.25) is 0 Å². The van der Waals surface area contributed by atoms with Gasteiger partial charge in [-0.05, 0) is 43.0 Å². The van der Waals surface area contributed by atoms with E-state index in [1.54, 1.807) is 12.1 Å². The number of nitro groups is 1. The van der Waals surface area contributed by atoms with E-state index in [-0.39, 0.29) is 23.0 Å². The zero-order chi connectivity index (χ0) is 18.7. The fraction of sp³-hybridized carbons (Fsp3) is 0.263. The molecule has 134 valence electrons. The normalized spacial score (nSPS) is 13.0. The summed E-state index contributed by atoms with van der Waals surface area (Å²) in [5, 5.41) is 11.0. The molecule has 0 N–H and O–H groups in total. The molecule has 0 saturated carbocycles. The molecular formula is C19H17NO6. The lowest BCUT2D eigenvalue weighted by molar-refractivity contribution is -0.385. The van der Waals surface area contributed by atoms with Crippen LogP contribution >= 0.6 is 0 Å². The Morgan fingerprint density at radius 1 is 1.15 bits per heavy atom. The average molecular weight is 355 g/mol. The number of carbonyl (C=O) groups is 2. The number of nitro benzene ring substituents is 1. The van der Waals surface area contributed by atoms with Gasteiger partial charge in [-0.2, -0.15) is 0 Å². The molecule has 7 nitrogen and oxygen atoms in total. The maximum absolute atomic E-state index is 12.2. The second-order valence-corrected chi connectivity index (χ2v) is 6.00. The summed E-state index contributed by atoms with van der Waals surface area (Å²) in [5.74, 6) is -0.576. The number of benzene rings is 2. The van der Waals surface area contributed by atoms with Gasteiger partial charge in [0, 0.05) is 12.5 Å². The lowest BCUT2D eigenvalue weighted by Gasteiger charge is -2.20. The van der Waals surface area contributed by atoms with Gasteiger partial charge >= 0.3 is 11.7 Å². The molecule has 0 aliphatic heterocycles. The van der Waals surface area contributed by atoms with E-state index in [2.05, 4.69) is 0 Å². The predicted octanol–water partition coefficient (Wildman–Crippen LogP) is 3.41. The van der Waals surface area contributed by atoms with Crippen molar-refractivity contribution in [1.82, 2.24) is 0 Å². The summed E-state index contributed by atoms with van der Waals surface area (Å²) < 4.78 is 10.5. The molecule has 0 bridgehead atoms. The minimum absolute atomic E-state index is 0.0172. The van der Waals surface area contributed by atoms with Gasteiger partial charge in [-0.25, -0.2) is 4.79 Å². The van der Waals surface area contributed by atoms with Crippen LogP contribution in [0.25, 0.3) is 0 Å². The second-order valence-electron chi connectivity index (χ2n) is 6.00. The third kappa shape index (κ3) is 3.56. The Bertz CT molecular complexity index is 890. The molecule has 0 amide bonds. The number of rotatable bonds is 5. The number of esters is 1. The highest BCUT2D eigenvalue weighted by Gasteiger charge is 2.25. The zero-order valence-electron chi connectivity index (χ0n) is 14.2. The molecule has 0 spiro atoms. The molecule has 26 heavy (non-hydrogen) atoms. The first-order valence-corrected chi connectivity index (χ1v) is 8.20. The van der Waals surface area contributed by atoms with Crippen molar-refractivity contribution in [2.45, 2.75) is 26.2 Å². The minimum atomic E-state index is -0.729. The Labute approximate surface area is 149 Å². The van der Waals surface area contributed by atoms with E-state index < -0.39 is 17.5 Å². The first kappa shape index (κ1) is 17.6. The summed E-state index contributed by atoms with van der Waals surface area (Å²) in [5.41, 5.74) is 2.12. The van der Waals surface area contributed by atoms with Crippen molar-refractivity contribution in [2.75, 3.05) is 6.61 Å². The Morgan fingerprint density at radius 2 is 1.92 bits per heavy atom. The quantitative estimate of drug-likeness (QED) is 0.353. The van der Waals surface area contributed by atoms with Crippen molar-refractivity contribution in [3.05, 3.63) is 63.2 Å². The summed E-state index contributed by atoms with van der Waals surface area (Å²) in [6.45, 7) is 1.42. The van der Waals surface area contributed by atoms with Gasteiger partial charge in [-0.1, -0.05) is 18.2 Å². The second kappa shape index (κ2) is 7.35. The summed E-state index contributed by atoms with van der Waals surface area (Å²) in [7, 11) is 0.